The van der Waals surface area contributed by atoms with E-state index in [0.29, 0.717) is 6.04 Å². The van der Waals surface area contributed by atoms with Crippen molar-refractivity contribution < 1.29 is 0 Å². The monoisotopic (exact) mass is 184 g/mol. The SMILES string of the molecule is CCCC(NC)c1nc(C)cs1. The Hall–Kier alpha value is -0.410. The van der Waals surface area contributed by atoms with E-state index in [9.17, 15) is 0 Å². The third kappa shape index (κ3) is 2.29. The van der Waals surface area contributed by atoms with Gasteiger partial charge in [-0.05, 0) is 20.4 Å². The normalized spacial score (nSPS) is 13.2. The molecule has 0 aromatic carbocycles. The molecule has 0 aliphatic rings. The summed E-state index contributed by atoms with van der Waals surface area (Å²) in [6.45, 7) is 4.24. The van der Waals surface area contributed by atoms with E-state index < -0.39 is 0 Å². The van der Waals surface area contributed by atoms with E-state index >= 15 is 0 Å². The first-order valence-electron chi connectivity index (χ1n) is 4.37. The molecule has 0 spiro atoms. The van der Waals surface area contributed by atoms with Crippen LogP contribution in [-0.2, 0) is 0 Å². The molecule has 3 heteroatoms. The summed E-state index contributed by atoms with van der Waals surface area (Å²) in [5, 5.41) is 6.61. The van der Waals surface area contributed by atoms with Gasteiger partial charge >= 0.3 is 0 Å². The van der Waals surface area contributed by atoms with Crippen LogP contribution in [0.4, 0.5) is 0 Å². The highest BCUT2D eigenvalue weighted by atomic mass is 32.1. The summed E-state index contributed by atoms with van der Waals surface area (Å²) in [6, 6.07) is 0.452. The molecule has 1 N–H and O–H groups in total. The van der Waals surface area contributed by atoms with E-state index in [-0.39, 0.29) is 0 Å². The van der Waals surface area contributed by atoms with Crippen LogP contribution in [0.2, 0.25) is 0 Å². The molecular weight excluding hydrogens is 168 g/mol. The lowest BCUT2D eigenvalue weighted by Crippen LogP contribution is -2.15. The number of thiazole rings is 1. The molecule has 0 aliphatic heterocycles. The molecule has 1 aromatic heterocycles. The largest absolute Gasteiger partial charge is 0.311 e. The van der Waals surface area contributed by atoms with E-state index in [4.69, 9.17) is 0 Å². The Balaban J connectivity index is 2.66. The number of nitrogens with zero attached hydrogens (tertiary/aromatic N) is 1. The number of rotatable bonds is 4. The lowest BCUT2D eigenvalue weighted by Gasteiger charge is -2.10. The van der Waals surface area contributed by atoms with E-state index in [0.717, 1.165) is 5.69 Å². The fourth-order valence-corrected chi connectivity index (χ4v) is 2.15. The number of aromatic nitrogens is 1. The predicted molar refractivity (Wildman–Crippen MR) is 53.6 cm³/mol. The summed E-state index contributed by atoms with van der Waals surface area (Å²) < 4.78 is 0. The first-order valence-corrected chi connectivity index (χ1v) is 5.25. The van der Waals surface area contributed by atoms with Crippen molar-refractivity contribution in [2.75, 3.05) is 7.05 Å². The summed E-state index contributed by atoms with van der Waals surface area (Å²) in [5.74, 6) is 0. The first kappa shape index (κ1) is 9.68. The summed E-state index contributed by atoms with van der Waals surface area (Å²) in [6.07, 6.45) is 2.37. The van der Waals surface area contributed by atoms with Gasteiger partial charge in [-0.2, -0.15) is 0 Å². The van der Waals surface area contributed by atoms with Crippen LogP contribution in [0.15, 0.2) is 5.38 Å². The minimum atomic E-state index is 0.452. The third-order valence-electron chi connectivity index (χ3n) is 1.86. The van der Waals surface area contributed by atoms with Gasteiger partial charge in [-0.15, -0.1) is 11.3 Å². The van der Waals surface area contributed by atoms with Crippen molar-refractivity contribution >= 4 is 11.3 Å². The van der Waals surface area contributed by atoms with Crippen LogP contribution in [0.1, 0.15) is 36.5 Å². The van der Waals surface area contributed by atoms with Gasteiger partial charge in [-0.3, -0.25) is 0 Å². The standard InChI is InChI=1S/C9H16N2S/c1-4-5-8(10-3)9-11-7(2)6-12-9/h6,8,10H,4-5H2,1-3H3. The Morgan fingerprint density at radius 2 is 2.42 bits per heavy atom. The lowest BCUT2D eigenvalue weighted by atomic mass is 10.2. The minimum absolute atomic E-state index is 0.452. The number of aryl methyl sites for hydroxylation is 1. The minimum Gasteiger partial charge on any atom is -0.311 e. The summed E-state index contributed by atoms with van der Waals surface area (Å²) >= 11 is 1.75. The quantitative estimate of drug-likeness (QED) is 0.777. The highest BCUT2D eigenvalue weighted by Gasteiger charge is 2.10. The van der Waals surface area contributed by atoms with Gasteiger partial charge in [0.1, 0.15) is 5.01 Å². The fraction of sp³-hybridized carbons (Fsp3) is 0.667. The molecule has 0 saturated carbocycles. The predicted octanol–water partition coefficient (Wildman–Crippen LogP) is 2.51. The van der Waals surface area contributed by atoms with Crippen molar-refractivity contribution in [3.63, 3.8) is 0 Å². The highest BCUT2D eigenvalue weighted by molar-refractivity contribution is 7.09. The second-order valence-electron chi connectivity index (χ2n) is 2.96. The number of hydrogen-bond acceptors (Lipinski definition) is 3. The smallest absolute Gasteiger partial charge is 0.110 e. The van der Waals surface area contributed by atoms with Gasteiger partial charge in [0.25, 0.3) is 0 Å². The van der Waals surface area contributed by atoms with Crippen LogP contribution < -0.4 is 5.32 Å². The molecular formula is C9H16N2S. The maximum atomic E-state index is 4.46. The average molecular weight is 184 g/mol. The van der Waals surface area contributed by atoms with E-state index in [1.165, 1.54) is 17.8 Å². The van der Waals surface area contributed by atoms with Crippen LogP contribution in [0, 0.1) is 6.92 Å². The zero-order chi connectivity index (χ0) is 8.97. The first-order chi connectivity index (χ1) is 5.77. The second kappa shape index (κ2) is 4.58. The molecule has 0 fully saturated rings. The highest BCUT2D eigenvalue weighted by Crippen LogP contribution is 2.21. The Labute approximate surface area is 78.0 Å². The van der Waals surface area contributed by atoms with Gasteiger partial charge < -0.3 is 5.32 Å². The molecule has 0 radical (unpaired) electrons. The van der Waals surface area contributed by atoms with Crippen molar-refractivity contribution in [2.24, 2.45) is 0 Å². The fourth-order valence-electron chi connectivity index (χ4n) is 1.21. The molecule has 1 atom stereocenters. The van der Waals surface area contributed by atoms with Crippen LogP contribution in [0.3, 0.4) is 0 Å². The van der Waals surface area contributed by atoms with Crippen molar-refractivity contribution in [1.82, 2.24) is 10.3 Å². The van der Waals surface area contributed by atoms with Crippen LogP contribution in [-0.4, -0.2) is 12.0 Å². The van der Waals surface area contributed by atoms with Crippen LogP contribution >= 0.6 is 11.3 Å². The maximum absolute atomic E-state index is 4.46. The van der Waals surface area contributed by atoms with E-state index in [1.54, 1.807) is 11.3 Å². The van der Waals surface area contributed by atoms with Gasteiger partial charge in [0.2, 0.25) is 0 Å². The summed E-state index contributed by atoms with van der Waals surface area (Å²) in [5.41, 5.74) is 1.13. The van der Waals surface area contributed by atoms with E-state index in [1.807, 2.05) is 14.0 Å². The molecule has 1 aromatic rings. The molecule has 1 unspecified atom stereocenters. The summed E-state index contributed by atoms with van der Waals surface area (Å²) in [7, 11) is 2.00. The number of hydrogen-bond donors (Lipinski definition) is 1. The van der Waals surface area contributed by atoms with Crippen molar-refractivity contribution in [1.29, 1.82) is 0 Å². The Kier molecular flexibility index (Phi) is 3.69. The van der Waals surface area contributed by atoms with Gasteiger partial charge in [0.15, 0.2) is 0 Å². The zero-order valence-electron chi connectivity index (χ0n) is 7.92. The third-order valence-corrected chi connectivity index (χ3v) is 2.94. The molecule has 1 rings (SSSR count). The van der Waals surface area contributed by atoms with Crippen molar-refractivity contribution in [3.05, 3.63) is 16.1 Å². The maximum Gasteiger partial charge on any atom is 0.110 e. The molecule has 68 valence electrons. The molecule has 0 amide bonds. The second-order valence-corrected chi connectivity index (χ2v) is 3.85. The molecule has 1 heterocycles. The van der Waals surface area contributed by atoms with Crippen LogP contribution in [0.5, 0.6) is 0 Å². The van der Waals surface area contributed by atoms with Gasteiger partial charge in [0, 0.05) is 11.1 Å². The zero-order valence-corrected chi connectivity index (χ0v) is 8.74. The molecule has 0 aliphatic carbocycles. The van der Waals surface area contributed by atoms with Crippen LogP contribution in [0.25, 0.3) is 0 Å². The summed E-state index contributed by atoms with van der Waals surface area (Å²) in [4.78, 5) is 4.46. The Morgan fingerprint density at radius 1 is 1.67 bits per heavy atom. The molecule has 0 saturated heterocycles. The average Bonchev–Trinajstić information content (AvgIpc) is 2.47. The Bertz CT molecular complexity index is 232. The molecule has 2 nitrogen and oxygen atoms in total. The lowest BCUT2D eigenvalue weighted by molar-refractivity contribution is 0.538. The molecule has 12 heavy (non-hydrogen) atoms. The van der Waals surface area contributed by atoms with Gasteiger partial charge in [-0.25, -0.2) is 4.98 Å². The van der Waals surface area contributed by atoms with Gasteiger partial charge in [-0.1, -0.05) is 13.3 Å². The van der Waals surface area contributed by atoms with Crippen molar-refractivity contribution in [3.8, 4) is 0 Å². The van der Waals surface area contributed by atoms with Gasteiger partial charge in [0.05, 0.1) is 6.04 Å². The van der Waals surface area contributed by atoms with Crippen molar-refractivity contribution in [2.45, 2.75) is 32.7 Å². The molecule has 0 bridgehead atoms. The topological polar surface area (TPSA) is 24.9 Å². The Morgan fingerprint density at radius 3 is 2.83 bits per heavy atom. The number of nitrogens with one attached hydrogen (secondary N) is 1. The van der Waals surface area contributed by atoms with E-state index in [2.05, 4.69) is 22.6 Å².